The number of nitrogens with one attached hydrogen (secondary N) is 2. The first-order valence-corrected chi connectivity index (χ1v) is 9.47. The van der Waals surface area contributed by atoms with E-state index in [-0.39, 0.29) is 11.8 Å². The Bertz CT molecular complexity index is 1060. The Hall–Kier alpha value is -3.60. The van der Waals surface area contributed by atoms with E-state index in [4.69, 9.17) is 4.74 Å². The highest BCUT2D eigenvalue weighted by molar-refractivity contribution is 6.08. The molecule has 1 heterocycles. The van der Waals surface area contributed by atoms with Gasteiger partial charge in [0.25, 0.3) is 5.91 Å². The fraction of sp³-hybridized carbons (Fsp3) is 0.167. The summed E-state index contributed by atoms with van der Waals surface area (Å²) in [6.45, 7) is 4.24. The Morgan fingerprint density at radius 3 is 2.45 bits per heavy atom. The predicted octanol–water partition coefficient (Wildman–Crippen LogP) is 4.75. The van der Waals surface area contributed by atoms with Crippen LogP contribution >= 0.6 is 0 Å². The van der Waals surface area contributed by atoms with E-state index in [2.05, 4.69) is 10.6 Å². The molecule has 0 spiro atoms. The second kappa shape index (κ2) is 7.43. The predicted molar refractivity (Wildman–Crippen MR) is 113 cm³/mol. The Balaban J connectivity index is 1.40. The number of benzene rings is 3. The maximum atomic E-state index is 12.6. The van der Waals surface area contributed by atoms with Gasteiger partial charge < -0.3 is 15.4 Å². The minimum absolute atomic E-state index is 0.0398. The Kier molecular flexibility index (Phi) is 4.80. The molecular formula is C24H22N2O3. The molecule has 0 atom stereocenters. The molecule has 0 saturated heterocycles. The molecule has 1 aliphatic heterocycles. The van der Waals surface area contributed by atoms with Crippen molar-refractivity contribution in [3.63, 3.8) is 0 Å². The average molecular weight is 386 g/mol. The summed E-state index contributed by atoms with van der Waals surface area (Å²) in [6, 6.07) is 22.4. The summed E-state index contributed by atoms with van der Waals surface area (Å²) in [5.41, 5.74) is 3.36. The molecule has 4 rings (SSSR count). The number of fused-ring (bicyclic) bond motifs is 1. The smallest absolute Gasteiger partial charge is 0.255 e. The van der Waals surface area contributed by atoms with Crippen LogP contribution in [0.4, 0.5) is 11.4 Å². The van der Waals surface area contributed by atoms with Gasteiger partial charge in [-0.15, -0.1) is 0 Å². The maximum absolute atomic E-state index is 12.6. The summed E-state index contributed by atoms with van der Waals surface area (Å²) in [4.78, 5) is 24.6. The molecule has 2 amide bonds. The zero-order valence-electron chi connectivity index (χ0n) is 16.4. The maximum Gasteiger partial charge on any atom is 0.255 e. The molecule has 29 heavy (non-hydrogen) atoms. The number of amides is 2. The minimum atomic E-state index is -0.562. The molecule has 0 bridgehead atoms. The van der Waals surface area contributed by atoms with Crippen LogP contribution in [0.25, 0.3) is 0 Å². The molecular weight excluding hydrogens is 364 g/mol. The first-order valence-electron chi connectivity index (χ1n) is 9.47. The van der Waals surface area contributed by atoms with E-state index < -0.39 is 5.41 Å². The molecule has 146 valence electrons. The van der Waals surface area contributed by atoms with E-state index in [1.54, 1.807) is 30.3 Å². The van der Waals surface area contributed by atoms with Gasteiger partial charge in [0.1, 0.15) is 12.4 Å². The van der Waals surface area contributed by atoms with Crippen LogP contribution in [0.3, 0.4) is 0 Å². The number of carbonyl (C=O) groups excluding carboxylic acids is 2. The zero-order chi connectivity index (χ0) is 20.4. The summed E-state index contributed by atoms with van der Waals surface area (Å²) in [5.74, 6) is 0.443. The lowest BCUT2D eigenvalue weighted by atomic mass is 9.86. The molecule has 1 aliphatic rings. The van der Waals surface area contributed by atoms with E-state index in [0.29, 0.717) is 23.6 Å². The normalized spacial score (nSPS) is 14.1. The minimum Gasteiger partial charge on any atom is -0.489 e. The number of ether oxygens (including phenoxy) is 1. The van der Waals surface area contributed by atoms with E-state index in [9.17, 15) is 9.59 Å². The van der Waals surface area contributed by atoms with Crippen molar-refractivity contribution in [1.29, 1.82) is 0 Å². The van der Waals surface area contributed by atoms with E-state index in [1.165, 1.54) is 0 Å². The summed E-state index contributed by atoms with van der Waals surface area (Å²) in [6.07, 6.45) is 0. The molecule has 0 aliphatic carbocycles. The molecule has 0 saturated carbocycles. The number of hydrogen-bond acceptors (Lipinski definition) is 3. The summed E-state index contributed by atoms with van der Waals surface area (Å²) in [5, 5.41) is 5.75. The van der Waals surface area contributed by atoms with Crippen LogP contribution in [0.15, 0.2) is 72.8 Å². The van der Waals surface area contributed by atoms with Gasteiger partial charge in [-0.3, -0.25) is 9.59 Å². The van der Waals surface area contributed by atoms with Crippen molar-refractivity contribution in [2.24, 2.45) is 0 Å². The molecule has 0 fully saturated rings. The fourth-order valence-corrected chi connectivity index (χ4v) is 3.32. The summed E-state index contributed by atoms with van der Waals surface area (Å²) in [7, 11) is 0. The number of hydrogen-bond donors (Lipinski definition) is 2. The second-order valence-electron chi connectivity index (χ2n) is 7.59. The quantitative estimate of drug-likeness (QED) is 0.665. The van der Waals surface area contributed by atoms with Gasteiger partial charge in [0.05, 0.1) is 5.41 Å². The van der Waals surface area contributed by atoms with E-state index in [1.807, 2.05) is 56.3 Å². The molecule has 2 N–H and O–H groups in total. The lowest BCUT2D eigenvalue weighted by Crippen LogP contribution is -2.26. The highest BCUT2D eigenvalue weighted by atomic mass is 16.5. The lowest BCUT2D eigenvalue weighted by molar-refractivity contribution is -0.119. The van der Waals surface area contributed by atoms with Gasteiger partial charge in [0, 0.05) is 16.9 Å². The average Bonchev–Trinajstić information content (AvgIpc) is 2.95. The Morgan fingerprint density at radius 1 is 1.00 bits per heavy atom. The van der Waals surface area contributed by atoms with E-state index >= 15 is 0 Å². The van der Waals surface area contributed by atoms with Gasteiger partial charge in [-0.05, 0) is 61.4 Å². The monoisotopic (exact) mass is 386 g/mol. The third-order valence-electron chi connectivity index (χ3n) is 5.13. The van der Waals surface area contributed by atoms with Crippen molar-refractivity contribution in [1.82, 2.24) is 0 Å². The van der Waals surface area contributed by atoms with Crippen LogP contribution in [-0.4, -0.2) is 11.8 Å². The fourth-order valence-electron chi connectivity index (χ4n) is 3.32. The molecule has 0 unspecified atom stereocenters. The lowest BCUT2D eigenvalue weighted by Gasteiger charge is -2.15. The van der Waals surface area contributed by atoms with Crippen molar-refractivity contribution in [2.45, 2.75) is 25.9 Å². The highest BCUT2D eigenvalue weighted by Gasteiger charge is 2.38. The van der Waals surface area contributed by atoms with Crippen molar-refractivity contribution in [2.75, 3.05) is 10.6 Å². The SMILES string of the molecule is CC1(C)C(=O)Nc2cc(NC(=O)c3ccc(OCc4ccccc4)cc3)ccc21. The first kappa shape index (κ1) is 18.7. The number of anilines is 2. The van der Waals surface area contributed by atoms with Gasteiger partial charge in [-0.25, -0.2) is 0 Å². The van der Waals surface area contributed by atoms with Crippen molar-refractivity contribution < 1.29 is 14.3 Å². The molecule has 0 aromatic heterocycles. The van der Waals surface area contributed by atoms with Gasteiger partial charge in [-0.1, -0.05) is 36.4 Å². The largest absolute Gasteiger partial charge is 0.489 e. The van der Waals surface area contributed by atoms with Crippen molar-refractivity contribution in [3.8, 4) is 5.75 Å². The van der Waals surface area contributed by atoms with Gasteiger partial charge in [-0.2, -0.15) is 0 Å². The van der Waals surface area contributed by atoms with Gasteiger partial charge in [0.2, 0.25) is 5.91 Å². The van der Waals surface area contributed by atoms with Crippen LogP contribution in [0.2, 0.25) is 0 Å². The molecule has 0 radical (unpaired) electrons. The highest BCUT2D eigenvalue weighted by Crippen LogP contribution is 2.38. The third-order valence-corrected chi connectivity index (χ3v) is 5.13. The zero-order valence-corrected chi connectivity index (χ0v) is 16.4. The van der Waals surface area contributed by atoms with Gasteiger partial charge >= 0.3 is 0 Å². The molecule has 3 aromatic rings. The van der Waals surface area contributed by atoms with Crippen molar-refractivity contribution >= 4 is 23.2 Å². The number of rotatable bonds is 5. The summed E-state index contributed by atoms with van der Waals surface area (Å²) >= 11 is 0. The van der Waals surface area contributed by atoms with Crippen LogP contribution in [0, 0.1) is 0 Å². The standard InChI is InChI=1S/C24H22N2O3/c1-24(2)20-13-10-18(14-21(20)26-23(24)28)25-22(27)17-8-11-19(12-9-17)29-15-16-6-4-3-5-7-16/h3-14H,15H2,1-2H3,(H,25,27)(H,26,28). The molecule has 3 aromatic carbocycles. The van der Waals surface area contributed by atoms with Crippen LogP contribution in [-0.2, 0) is 16.8 Å². The first-order chi connectivity index (χ1) is 13.9. The van der Waals surface area contributed by atoms with Crippen LogP contribution in [0.5, 0.6) is 5.75 Å². The second-order valence-corrected chi connectivity index (χ2v) is 7.59. The Morgan fingerprint density at radius 2 is 1.72 bits per heavy atom. The van der Waals surface area contributed by atoms with Gasteiger partial charge in [0.15, 0.2) is 0 Å². The summed E-state index contributed by atoms with van der Waals surface area (Å²) < 4.78 is 5.75. The van der Waals surface area contributed by atoms with E-state index in [0.717, 1.165) is 16.8 Å². The molecule has 5 heteroatoms. The van der Waals surface area contributed by atoms with Crippen LogP contribution < -0.4 is 15.4 Å². The number of carbonyl (C=O) groups is 2. The van der Waals surface area contributed by atoms with Crippen LogP contribution in [0.1, 0.15) is 35.3 Å². The molecule has 5 nitrogen and oxygen atoms in total. The van der Waals surface area contributed by atoms with Crippen molar-refractivity contribution in [3.05, 3.63) is 89.5 Å². The Labute approximate surface area is 169 Å². The third kappa shape index (κ3) is 3.85. The topological polar surface area (TPSA) is 67.4 Å².